The average Bonchev–Trinajstić information content (AvgIpc) is 2.84. The van der Waals surface area contributed by atoms with Crippen LogP contribution in [0.4, 0.5) is 5.69 Å². The highest BCUT2D eigenvalue weighted by Crippen LogP contribution is 2.26. The summed E-state index contributed by atoms with van der Waals surface area (Å²) in [6.45, 7) is 0. The Morgan fingerprint density at radius 3 is 2.27 bits per heavy atom. The third kappa shape index (κ3) is 2.80. The van der Waals surface area contributed by atoms with Crippen molar-refractivity contribution in [2.75, 3.05) is 19.0 Å². The molecule has 0 amide bonds. The third-order valence-corrected chi connectivity index (χ3v) is 3.79. The smallest absolute Gasteiger partial charge is 0.143 e. The molecule has 0 saturated carbocycles. The molecule has 3 aromatic rings. The van der Waals surface area contributed by atoms with Crippen molar-refractivity contribution in [3.05, 3.63) is 59.9 Å². The number of halogens is 1. The first-order chi connectivity index (χ1) is 10.1. The average molecular weight is 318 g/mol. The Kier molecular flexibility index (Phi) is 4.74. The second-order valence-corrected chi connectivity index (χ2v) is 5.41. The predicted octanol–water partition coefficient (Wildman–Crippen LogP) is 3.14. The predicted molar refractivity (Wildman–Crippen MR) is 92.8 cm³/mol. The van der Waals surface area contributed by atoms with Gasteiger partial charge in [-0.25, -0.2) is 4.98 Å². The third-order valence-electron chi connectivity index (χ3n) is 3.79. The van der Waals surface area contributed by atoms with E-state index in [0.29, 0.717) is 5.82 Å². The van der Waals surface area contributed by atoms with E-state index in [0.717, 1.165) is 22.3 Å². The number of hydrogen-bond donors (Lipinski definition) is 1. The van der Waals surface area contributed by atoms with Crippen molar-refractivity contribution in [3.8, 4) is 0 Å². The van der Waals surface area contributed by atoms with Gasteiger partial charge in [-0.1, -0.05) is 24.3 Å². The number of para-hydroxylation sites is 2. The monoisotopic (exact) mass is 317 g/mol. The number of aryl methyl sites for hydroxylation is 1. The summed E-state index contributed by atoms with van der Waals surface area (Å²) in [5.74, 6) is 0.661. The molecule has 2 aromatic carbocycles. The van der Waals surface area contributed by atoms with Crippen molar-refractivity contribution in [3.63, 3.8) is 0 Å². The van der Waals surface area contributed by atoms with Crippen LogP contribution < -0.4 is 4.90 Å². The number of aliphatic hydroxyl groups excluding tert-OH is 1. The largest absolute Gasteiger partial charge is 0.380 e. The van der Waals surface area contributed by atoms with Crippen LogP contribution in [-0.2, 0) is 7.05 Å². The van der Waals surface area contributed by atoms with E-state index in [4.69, 9.17) is 0 Å². The highest BCUT2D eigenvalue weighted by Gasteiger charge is 2.17. The topological polar surface area (TPSA) is 41.3 Å². The summed E-state index contributed by atoms with van der Waals surface area (Å²) in [5, 5.41) is 10.6. The molecule has 4 nitrogen and oxygen atoms in total. The zero-order valence-corrected chi connectivity index (χ0v) is 13.7. The summed E-state index contributed by atoms with van der Waals surface area (Å²) in [6.07, 6.45) is -0.724. The summed E-state index contributed by atoms with van der Waals surface area (Å²) in [4.78, 5) is 6.58. The van der Waals surface area contributed by atoms with Crippen molar-refractivity contribution in [2.24, 2.45) is 7.05 Å². The van der Waals surface area contributed by atoms with Crippen LogP contribution in [0.3, 0.4) is 0 Å². The van der Waals surface area contributed by atoms with E-state index in [1.165, 1.54) is 0 Å². The van der Waals surface area contributed by atoms with E-state index in [2.05, 4.69) is 4.98 Å². The Balaban J connectivity index is 0.00000176. The van der Waals surface area contributed by atoms with Gasteiger partial charge in [0.15, 0.2) is 0 Å². The molecule has 22 heavy (non-hydrogen) atoms. The lowest BCUT2D eigenvalue weighted by Crippen LogP contribution is -2.10. The number of fused-ring (bicyclic) bond motifs is 1. The van der Waals surface area contributed by atoms with Gasteiger partial charge in [0, 0.05) is 26.8 Å². The molecule has 1 unspecified atom stereocenters. The Hall–Kier alpha value is -2.04. The number of hydrogen-bond acceptors (Lipinski definition) is 3. The van der Waals surface area contributed by atoms with Crippen LogP contribution in [0.5, 0.6) is 0 Å². The minimum absolute atomic E-state index is 0. The molecule has 0 radical (unpaired) electrons. The lowest BCUT2D eigenvalue weighted by Gasteiger charge is -2.15. The summed E-state index contributed by atoms with van der Waals surface area (Å²) in [7, 11) is 5.93. The minimum atomic E-state index is -0.724. The number of anilines is 1. The van der Waals surface area contributed by atoms with Crippen molar-refractivity contribution in [2.45, 2.75) is 6.10 Å². The molecule has 1 heterocycles. The standard InChI is InChI=1S/C17H19N3O.ClH/c1-19(2)13-10-8-12(9-11-13)16(21)17-18-14-6-4-5-7-15(14)20(17)3;/h4-11,16,21H,1-3H3;1H. The van der Waals surface area contributed by atoms with Gasteiger partial charge < -0.3 is 14.6 Å². The lowest BCUT2D eigenvalue weighted by atomic mass is 10.1. The maximum absolute atomic E-state index is 10.6. The van der Waals surface area contributed by atoms with Crippen LogP contribution in [0.15, 0.2) is 48.5 Å². The first-order valence-electron chi connectivity index (χ1n) is 6.94. The second kappa shape index (κ2) is 6.38. The van der Waals surface area contributed by atoms with Crippen LogP contribution in [0, 0.1) is 0 Å². The number of aliphatic hydroxyl groups is 1. The van der Waals surface area contributed by atoms with Crippen LogP contribution in [0.1, 0.15) is 17.5 Å². The molecule has 1 N–H and O–H groups in total. The summed E-state index contributed by atoms with van der Waals surface area (Å²) < 4.78 is 1.94. The summed E-state index contributed by atoms with van der Waals surface area (Å²) in [5.41, 5.74) is 3.88. The van der Waals surface area contributed by atoms with Crippen LogP contribution in [0.25, 0.3) is 11.0 Å². The molecule has 116 valence electrons. The lowest BCUT2D eigenvalue weighted by molar-refractivity contribution is 0.207. The van der Waals surface area contributed by atoms with Gasteiger partial charge in [-0.3, -0.25) is 0 Å². The fourth-order valence-electron chi connectivity index (χ4n) is 2.51. The van der Waals surface area contributed by atoms with Gasteiger partial charge >= 0.3 is 0 Å². The number of benzene rings is 2. The highest BCUT2D eigenvalue weighted by atomic mass is 35.5. The summed E-state index contributed by atoms with van der Waals surface area (Å²) in [6, 6.07) is 15.8. The van der Waals surface area contributed by atoms with Gasteiger partial charge in [0.2, 0.25) is 0 Å². The fourth-order valence-corrected chi connectivity index (χ4v) is 2.51. The Morgan fingerprint density at radius 1 is 1.05 bits per heavy atom. The van der Waals surface area contributed by atoms with E-state index in [9.17, 15) is 5.11 Å². The molecule has 1 aromatic heterocycles. The molecule has 1 atom stereocenters. The van der Waals surface area contributed by atoms with Crippen molar-refractivity contribution >= 4 is 29.1 Å². The molecule has 5 heteroatoms. The molecule has 0 aliphatic carbocycles. The zero-order valence-electron chi connectivity index (χ0n) is 12.9. The first kappa shape index (κ1) is 16.3. The van der Waals surface area contributed by atoms with Crippen LogP contribution >= 0.6 is 12.4 Å². The molecule has 0 bridgehead atoms. The van der Waals surface area contributed by atoms with E-state index >= 15 is 0 Å². The van der Waals surface area contributed by atoms with Crippen LogP contribution in [-0.4, -0.2) is 28.8 Å². The van der Waals surface area contributed by atoms with Gasteiger partial charge in [0.05, 0.1) is 11.0 Å². The normalized spacial score (nSPS) is 12.0. The first-order valence-corrected chi connectivity index (χ1v) is 6.94. The van der Waals surface area contributed by atoms with Crippen LogP contribution in [0.2, 0.25) is 0 Å². The quantitative estimate of drug-likeness (QED) is 0.807. The molecule has 0 saturated heterocycles. The van der Waals surface area contributed by atoms with Crippen molar-refractivity contribution in [1.29, 1.82) is 0 Å². The number of aromatic nitrogens is 2. The van der Waals surface area contributed by atoms with Gasteiger partial charge in [-0.15, -0.1) is 12.4 Å². The van der Waals surface area contributed by atoms with Gasteiger partial charge in [-0.2, -0.15) is 0 Å². The molecular formula is C17H20ClN3O. The Morgan fingerprint density at radius 2 is 1.68 bits per heavy atom. The van der Waals surface area contributed by atoms with Crippen molar-refractivity contribution < 1.29 is 5.11 Å². The number of rotatable bonds is 3. The molecule has 0 aliphatic heterocycles. The maximum atomic E-state index is 10.6. The van der Waals surface area contributed by atoms with Crippen molar-refractivity contribution in [1.82, 2.24) is 9.55 Å². The zero-order chi connectivity index (χ0) is 15.0. The Labute approximate surface area is 136 Å². The molecule has 0 aliphatic rings. The van der Waals surface area contributed by atoms with E-state index in [-0.39, 0.29) is 12.4 Å². The molecule has 0 fully saturated rings. The minimum Gasteiger partial charge on any atom is -0.380 e. The maximum Gasteiger partial charge on any atom is 0.143 e. The fraction of sp³-hybridized carbons (Fsp3) is 0.235. The summed E-state index contributed by atoms with van der Waals surface area (Å²) >= 11 is 0. The Bertz CT molecular complexity index is 765. The molecular weight excluding hydrogens is 298 g/mol. The SMILES string of the molecule is CN(C)c1ccc(C(O)c2nc3ccccc3n2C)cc1.Cl. The van der Waals surface area contributed by atoms with Gasteiger partial charge in [-0.05, 0) is 29.8 Å². The van der Waals surface area contributed by atoms with E-state index in [1.807, 2.05) is 79.1 Å². The van der Waals surface area contributed by atoms with Gasteiger partial charge in [0.25, 0.3) is 0 Å². The highest BCUT2D eigenvalue weighted by molar-refractivity contribution is 5.85. The molecule has 3 rings (SSSR count). The van der Waals surface area contributed by atoms with E-state index < -0.39 is 6.10 Å². The number of imidazole rings is 1. The number of nitrogens with zero attached hydrogens (tertiary/aromatic N) is 3. The second-order valence-electron chi connectivity index (χ2n) is 5.41. The van der Waals surface area contributed by atoms with Gasteiger partial charge in [0.1, 0.15) is 11.9 Å². The molecule has 0 spiro atoms. The van der Waals surface area contributed by atoms with E-state index in [1.54, 1.807) is 0 Å².